The van der Waals surface area contributed by atoms with Crippen LogP contribution in [0.5, 0.6) is 0 Å². The van der Waals surface area contributed by atoms with Gasteiger partial charge in [-0.2, -0.15) is 0 Å². The van der Waals surface area contributed by atoms with Crippen LogP contribution in [0.1, 0.15) is 41.9 Å². The smallest absolute Gasteiger partial charge is 0.120 e. The summed E-state index contributed by atoms with van der Waals surface area (Å²) in [6, 6.07) is 6.58. The van der Waals surface area contributed by atoms with Gasteiger partial charge in [-0.15, -0.1) is 0 Å². The Balaban J connectivity index is 2.28. The van der Waals surface area contributed by atoms with Gasteiger partial charge in [0.2, 0.25) is 0 Å². The van der Waals surface area contributed by atoms with E-state index < -0.39 is 0 Å². The van der Waals surface area contributed by atoms with Crippen LogP contribution in [-0.2, 0) is 4.79 Å². The molecule has 1 saturated carbocycles. The highest BCUT2D eigenvalue weighted by atomic mass is 16.1. The Morgan fingerprint density at radius 3 is 2.67 bits per heavy atom. The van der Waals surface area contributed by atoms with E-state index in [-0.39, 0.29) is 0 Å². The minimum Gasteiger partial charge on any atom is -0.303 e. The van der Waals surface area contributed by atoms with Gasteiger partial charge in [-0.1, -0.05) is 23.8 Å². The van der Waals surface area contributed by atoms with E-state index in [1.54, 1.807) is 0 Å². The topological polar surface area (TPSA) is 17.1 Å². The highest BCUT2D eigenvalue weighted by molar-refractivity contribution is 5.53. The highest BCUT2D eigenvalue weighted by Gasteiger charge is 2.32. The van der Waals surface area contributed by atoms with Crippen LogP contribution in [0, 0.1) is 19.8 Å². The third kappa shape index (κ3) is 2.28. The summed E-state index contributed by atoms with van der Waals surface area (Å²) in [4.78, 5) is 10.7. The summed E-state index contributed by atoms with van der Waals surface area (Å²) in [5.74, 6) is 1.24. The van der Waals surface area contributed by atoms with Gasteiger partial charge < -0.3 is 4.79 Å². The molecular formula is C14H18O. The minimum absolute atomic E-state index is 0.475. The van der Waals surface area contributed by atoms with Crippen molar-refractivity contribution >= 4 is 6.29 Å². The fourth-order valence-electron chi connectivity index (χ4n) is 2.42. The van der Waals surface area contributed by atoms with E-state index in [9.17, 15) is 4.79 Å². The zero-order valence-electron chi connectivity index (χ0n) is 9.49. The van der Waals surface area contributed by atoms with E-state index in [1.807, 2.05) is 0 Å². The first-order valence-corrected chi connectivity index (χ1v) is 5.73. The summed E-state index contributed by atoms with van der Waals surface area (Å²) in [7, 11) is 0. The summed E-state index contributed by atoms with van der Waals surface area (Å²) in [6.45, 7) is 4.27. The second kappa shape index (κ2) is 4.18. The zero-order valence-corrected chi connectivity index (χ0v) is 9.49. The maximum Gasteiger partial charge on any atom is 0.120 e. The first kappa shape index (κ1) is 10.4. The van der Waals surface area contributed by atoms with E-state index in [0.717, 1.165) is 12.2 Å². The van der Waals surface area contributed by atoms with Crippen LogP contribution < -0.4 is 0 Å². The number of rotatable bonds is 4. The molecule has 0 saturated heterocycles. The molecule has 0 N–H and O–H groups in total. The lowest BCUT2D eigenvalue weighted by Crippen LogP contribution is -2.04. The molecule has 1 atom stereocenters. The second-order valence-electron chi connectivity index (χ2n) is 4.71. The molecule has 1 aliphatic carbocycles. The van der Waals surface area contributed by atoms with Crippen LogP contribution in [0.25, 0.3) is 0 Å². The Bertz CT molecular complexity index is 364. The molecular weight excluding hydrogens is 184 g/mol. The molecule has 1 aromatic rings. The molecule has 15 heavy (non-hydrogen) atoms. The van der Waals surface area contributed by atoms with Crippen LogP contribution in [0.15, 0.2) is 18.2 Å². The van der Waals surface area contributed by atoms with Crippen molar-refractivity contribution in [2.24, 2.45) is 5.92 Å². The van der Waals surface area contributed by atoms with Gasteiger partial charge in [0.15, 0.2) is 0 Å². The predicted molar refractivity (Wildman–Crippen MR) is 62.1 cm³/mol. The number of carbonyl (C=O) groups excluding carboxylic acids is 1. The summed E-state index contributed by atoms with van der Waals surface area (Å²) in [5, 5.41) is 0. The van der Waals surface area contributed by atoms with Crippen molar-refractivity contribution < 1.29 is 4.79 Å². The molecule has 0 heterocycles. The van der Waals surface area contributed by atoms with Gasteiger partial charge in [0.25, 0.3) is 0 Å². The Hall–Kier alpha value is -1.11. The van der Waals surface area contributed by atoms with Gasteiger partial charge in [-0.3, -0.25) is 0 Å². The Morgan fingerprint density at radius 2 is 2.13 bits per heavy atom. The van der Waals surface area contributed by atoms with Crippen molar-refractivity contribution in [3.8, 4) is 0 Å². The van der Waals surface area contributed by atoms with Gasteiger partial charge in [0.05, 0.1) is 0 Å². The summed E-state index contributed by atoms with van der Waals surface area (Å²) in [6.07, 6.45) is 4.36. The fourth-order valence-corrected chi connectivity index (χ4v) is 2.42. The minimum atomic E-state index is 0.475. The normalized spacial score (nSPS) is 17.5. The van der Waals surface area contributed by atoms with Crippen molar-refractivity contribution in [3.63, 3.8) is 0 Å². The molecule has 2 rings (SSSR count). The van der Waals surface area contributed by atoms with Crippen molar-refractivity contribution in [1.29, 1.82) is 0 Å². The largest absolute Gasteiger partial charge is 0.303 e. The molecule has 0 radical (unpaired) electrons. The van der Waals surface area contributed by atoms with E-state index in [4.69, 9.17) is 0 Å². The maximum absolute atomic E-state index is 10.7. The van der Waals surface area contributed by atoms with Gasteiger partial charge in [-0.05, 0) is 49.7 Å². The Morgan fingerprint density at radius 1 is 1.40 bits per heavy atom. The summed E-state index contributed by atoms with van der Waals surface area (Å²) in [5.41, 5.74) is 4.03. The predicted octanol–water partition coefficient (Wildman–Crippen LogP) is 3.39. The summed E-state index contributed by atoms with van der Waals surface area (Å²) >= 11 is 0. The lowest BCUT2D eigenvalue weighted by atomic mass is 9.88. The van der Waals surface area contributed by atoms with Crippen LogP contribution >= 0.6 is 0 Å². The Labute approximate surface area is 91.5 Å². The number of hydrogen-bond donors (Lipinski definition) is 0. The number of carbonyl (C=O) groups is 1. The fraction of sp³-hybridized carbons (Fsp3) is 0.500. The van der Waals surface area contributed by atoms with E-state index >= 15 is 0 Å². The van der Waals surface area contributed by atoms with Crippen molar-refractivity contribution in [1.82, 2.24) is 0 Å². The number of aryl methyl sites for hydroxylation is 2. The zero-order chi connectivity index (χ0) is 10.8. The average Bonchev–Trinajstić information content (AvgIpc) is 2.98. The van der Waals surface area contributed by atoms with Crippen LogP contribution in [0.4, 0.5) is 0 Å². The molecule has 0 aromatic heterocycles. The van der Waals surface area contributed by atoms with E-state index in [2.05, 4.69) is 32.0 Å². The molecule has 0 bridgehead atoms. The monoisotopic (exact) mass is 202 g/mol. The van der Waals surface area contributed by atoms with Gasteiger partial charge in [0, 0.05) is 6.42 Å². The summed E-state index contributed by atoms with van der Waals surface area (Å²) < 4.78 is 0. The molecule has 1 heteroatoms. The third-order valence-electron chi connectivity index (χ3n) is 3.37. The third-order valence-corrected chi connectivity index (χ3v) is 3.37. The van der Waals surface area contributed by atoms with Gasteiger partial charge in [-0.25, -0.2) is 0 Å². The van der Waals surface area contributed by atoms with Gasteiger partial charge >= 0.3 is 0 Å². The Kier molecular flexibility index (Phi) is 2.90. The molecule has 1 fully saturated rings. The van der Waals surface area contributed by atoms with Crippen molar-refractivity contribution in [2.75, 3.05) is 0 Å². The SMILES string of the molecule is Cc1ccc(C(CC=O)C2CC2)c(C)c1. The number of hydrogen-bond acceptors (Lipinski definition) is 1. The van der Waals surface area contributed by atoms with Crippen LogP contribution in [-0.4, -0.2) is 6.29 Å². The quantitative estimate of drug-likeness (QED) is 0.684. The van der Waals surface area contributed by atoms with Crippen LogP contribution in [0.2, 0.25) is 0 Å². The van der Waals surface area contributed by atoms with Gasteiger partial charge in [0.1, 0.15) is 6.29 Å². The molecule has 0 amide bonds. The van der Waals surface area contributed by atoms with Crippen molar-refractivity contribution in [2.45, 2.75) is 39.0 Å². The first-order valence-electron chi connectivity index (χ1n) is 5.73. The molecule has 1 unspecified atom stereocenters. The van der Waals surface area contributed by atoms with E-state index in [0.29, 0.717) is 12.3 Å². The molecule has 1 aromatic carbocycles. The molecule has 1 nitrogen and oxygen atoms in total. The molecule has 1 aliphatic rings. The standard InChI is InChI=1S/C14H18O/c1-10-3-6-13(11(2)9-10)14(7-8-15)12-4-5-12/h3,6,8-9,12,14H,4-5,7H2,1-2H3. The first-order chi connectivity index (χ1) is 7.22. The molecule has 0 spiro atoms. The van der Waals surface area contributed by atoms with E-state index in [1.165, 1.54) is 29.5 Å². The van der Waals surface area contributed by atoms with Crippen molar-refractivity contribution in [3.05, 3.63) is 34.9 Å². The molecule has 0 aliphatic heterocycles. The second-order valence-corrected chi connectivity index (χ2v) is 4.71. The lowest BCUT2D eigenvalue weighted by Gasteiger charge is -2.16. The molecule has 80 valence electrons. The number of benzene rings is 1. The average molecular weight is 202 g/mol. The van der Waals surface area contributed by atoms with Crippen LogP contribution in [0.3, 0.4) is 0 Å². The number of aldehydes is 1. The maximum atomic E-state index is 10.7. The highest BCUT2D eigenvalue weighted by Crippen LogP contribution is 2.44. The lowest BCUT2D eigenvalue weighted by molar-refractivity contribution is -0.108.